The molecule has 0 spiro atoms. The van der Waals surface area contributed by atoms with Gasteiger partial charge in [0.15, 0.2) is 0 Å². The third kappa shape index (κ3) is 2.98. The first-order chi connectivity index (χ1) is 8.01. The summed E-state index contributed by atoms with van der Waals surface area (Å²) in [6.45, 7) is 0.371. The fraction of sp³-hybridized carbons (Fsp3) is 0.364. The number of nitrogens with one attached hydrogen (secondary N) is 1. The Morgan fingerprint density at radius 3 is 2.47 bits per heavy atom. The van der Waals surface area contributed by atoms with Crippen molar-refractivity contribution in [2.45, 2.75) is 13.0 Å². The number of halogens is 2. The lowest BCUT2D eigenvalue weighted by atomic mass is 10.1. The number of aryl methyl sites for hydroxylation is 1. The predicted molar refractivity (Wildman–Crippen MR) is 56.5 cm³/mol. The van der Waals surface area contributed by atoms with Crippen molar-refractivity contribution in [3.8, 4) is 0 Å². The average molecular weight is 245 g/mol. The SMILES string of the molecule is Cc1ccc(F)c(C(=O)NC(CO)CO)c1F. The fourth-order valence-corrected chi connectivity index (χ4v) is 1.27. The zero-order chi connectivity index (χ0) is 13.0. The van der Waals surface area contributed by atoms with Crippen molar-refractivity contribution in [2.24, 2.45) is 0 Å². The van der Waals surface area contributed by atoms with Gasteiger partial charge in [-0.1, -0.05) is 6.07 Å². The third-order valence-corrected chi connectivity index (χ3v) is 2.29. The lowest BCUT2D eigenvalue weighted by Crippen LogP contribution is -2.40. The van der Waals surface area contributed by atoms with Gasteiger partial charge in [-0.3, -0.25) is 4.79 Å². The van der Waals surface area contributed by atoms with Crippen LogP contribution in [0, 0.1) is 18.6 Å². The molecule has 0 saturated carbocycles. The van der Waals surface area contributed by atoms with Crippen molar-refractivity contribution < 1.29 is 23.8 Å². The van der Waals surface area contributed by atoms with Gasteiger partial charge in [-0.25, -0.2) is 8.78 Å². The molecule has 0 aliphatic heterocycles. The lowest BCUT2D eigenvalue weighted by Gasteiger charge is -2.14. The molecule has 0 radical (unpaired) electrons. The quantitative estimate of drug-likeness (QED) is 0.717. The molecule has 17 heavy (non-hydrogen) atoms. The smallest absolute Gasteiger partial charge is 0.257 e. The van der Waals surface area contributed by atoms with E-state index in [0.29, 0.717) is 0 Å². The van der Waals surface area contributed by atoms with Crippen molar-refractivity contribution in [1.29, 1.82) is 0 Å². The van der Waals surface area contributed by atoms with E-state index in [1.165, 1.54) is 13.0 Å². The highest BCUT2D eigenvalue weighted by atomic mass is 19.1. The molecule has 0 aromatic heterocycles. The Morgan fingerprint density at radius 1 is 1.35 bits per heavy atom. The summed E-state index contributed by atoms with van der Waals surface area (Å²) < 4.78 is 26.9. The van der Waals surface area contributed by atoms with Gasteiger partial charge in [0, 0.05) is 0 Å². The topological polar surface area (TPSA) is 69.6 Å². The van der Waals surface area contributed by atoms with Crippen LogP contribution in [0.1, 0.15) is 15.9 Å². The van der Waals surface area contributed by atoms with Gasteiger partial charge < -0.3 is 15.5 Å². The summed E-state index contributed by atoms with van der Waals surface area (Å²) in [5.41, 5.74) is -0.571. The van der Waals surface area contributed by atoms with Gasteiger partial charge >= 0.3 is 0 Å². The van der Waals surface area contributed by atoms with Crippen LogP contribution in [-0.4, -0.2) is 35.4 Å². The average Bonchev–Trinajstić information content (AvgIpc) is 2.31. The highest BCUT2D eigenvalue weighted by molar-refractivity contribution is 5.95. The van der Waals surface area contributed by atoms with Crippen molar-refractivity contribution in [2.75, 3.05) is 13.2 Å². The second-order valence-corrected chi connectivity index (χ2v) is 3.59. The maximum atomic E-state index is 13.5. The molecule has 1 rings (SSSR count). The zero-order valence-electron chi connectivity index (χ0n) is 9.20. The number of amides is 1. The molecule has 0 aliphatic rings. The van der Waals surface area contributed by atoms with E-state index in [4.69, 9.17) is 10.2 Å². The second kappa shape index (κ2) is 5.70. The Bertz CT molecular complexity index is 419. The molecule has 94 valence electrons. The van der Waals surface area contributed by atoms with Crippen LogP contribution in [0.15, 0.2) is 12.1 Å². The molecular formula is C11H13F2NO3. The van der Waals surface area contributed by atoms with Crippen molar-refractivity contribution in [1.82, 2.24) is 5.32 Å². The van der Waals surface area contributed by atoms with Crippen LogP contribution in [0.3, 0.4) is 0 Å². The molecule has 1 amide bonds. The molecule has 1 aromatic rings. The molecule has 0 heterocycles. The number of hydrogen-bond donors (Lipinski definition) is 3. The van der Waals surface area contributed by atoms with Crippen LogP contribution < -0.4 is 5.32 Å². The number of aliphatic hydroxyl groups is 2. The predicted octanol–water partition coefficient (Wildman–Crippen LogP) is 0.356. The molecule has 0 aliphatic carbocycles. The van der Waals surface area contributed by atoms with Crippen LogP contribution in [0.5, 0.6) is 0 Å². The van der Waals surface area contributed by atoms with Crippen LogP contribution in [0.4, 0.5) is 8.78 Å². The van der Waals surface area contributed by atoms with Gasteiger partial charge in [-0.2, -0.15) is 0 Å². The molecule has 1 aromatic carbocycles. The highest BCUT2D eigenvalue weighted by Crippen LogP contribution is 2.16. The molecule has 0 atom stereocenters. The van der Waals surface area contributed by atoms with Crippen LogP contribution >= 0.6 is 0 Å². The summed E-state index contributed by atoms with van der Waals surface area (Å²) in [5.74, 6) is -2.94. The van der Waals surface area contributed by atoms with E-state index >= 15 is 0 Å². The summed E-state index contributed by atoms with van der Waals surface area (Å²) in [4.78, 5) is 11.6. The van der Waals surface area contributed by atoms with E-state index < -0.39 is 42.4 Å². The second-order valence-electron chi connectivity index (χ2n) is 3.59. The first-order valence-electron chi connectivity index (χ1n) is 4.98. The highest BCUT2D eigenvalue weighted by Gasteiger charge is 2.21. The minimum absolute atomic E-state index is 0.140. The largest absolute Gasteiger partial charge is 0.394 e. The number of carbonyl (C=O) groups excluding carboxylic acids is 1. The number of rotatable bonds is 4. The van der Waals surface area contributed by atoms with Crippen LogP contribution in [-0.2, 0) is 0 Å². The van der Waals surface area contributed by atoms with Gasteiger partial charge in [0.1, 0.15) is 17.2 Å². The minimum atomic E-state index is -1.00. The standard InChI is InChI=1S/C11H13F2NO3/c1-6-2-3-8(12)9(10(6)13)11(17)14-7(4-15)5-16/h2-3,7,15-16H,4-5H2,1H3,(H,14,17). The number of benzene rings is 1. The van der Waals surface area contributed by atoms with E-state index in [1.54, 1.807) is 0 Å². The summed E-state index contributed by atoms with van der Waals surface area (Å²) in [6, 6.07) is 1.26. The Balaban J connectivity index is 3.00. The fourth-order valence-electron chi connectivity index (χ4n) is 1.27. The van der Waals surface area contributed by atoms with E-state index in [1.807, 2.05) is 0 Å². The van der Waals surface area contributed by atoms with Crippen LogP contribution in [0.2, 0.25) is 0 Å². The summed E-state index contributed by atoms with van der Waals surface area (Å²) >= 11 is 0. The third-order valence-electron chi connectivity index (χ3n) is 2.29. The molecule has 0 bridgehead atoms. The Kier molecular flexibility index (Phi) is 4.53. The van der Waals surface area contributed by atoms with Crippen LogP contribution in [0.25, 0.3) is 0 Å². The van der Waals surface area contributed by atoms with Gasteiger partial charge in [0.2, 0.25) is 0 Å². The van der Waals surface area contributed by atoms with Crippen molar-refractivity contribution >= 4 is 5.91 Å². The first-order valence-corrected chi connectivity index (χ1v) is 4.98. The summed E-state index contributed by atoms with van der Waals surface area (Å²) in [6.07, 6.45) is 0. The molecule has 0 fully saturated rings. The number of aliphatic hydroxyl groups excluding tert-OH is 2. The van der Waals surface area contributed by atoms with E-state index in [0.717, 1.165) is 6.07 Å². The monoisotopic (exact) mass is 245 g/mol. The molecule has 4 nitrogen and oxygen atoms in total. The van der Waals surface area contributed by atoms with E-state index in [9.17, 15) is 13.6 Å². The molecule has 0 saturated heterocycles. The van der Waals surface area contributed by atoms with Crippen molar-refractivity contribution in [3.63, 3.8) is 0 Å². The van der Waals surface area contributed by atoms with E-state index in [2.05, 4.69) is 5.32 Å². The minimum Gasteiger partial charge on any atom is -0.394 e. The normalized spacial score (nSPS) is 10.7. The molecule has 6 heteroatoms. The Labute approximate surface area is 96.9 Å². The molecular weight excluding hydrogens is 232 g/mol. The van der Waals surface area contributed by atoms with Gasteiger partial charge in [-0.05, 0) is 18.6 Å². The zero-order valence-corrected chi connectivity index (χ0v) is 9.20. The first kappa shape index (κ1) is 13.5. The Morgan fingerprint density at radius 2 is 1.94 bits per heavy atom. The maximum Gasteiger partial charge on any atom is 0.257 e. The summed E-state index contributed by atoms with van der Waals surface area (Å²) in [5, 5.41) is 19.6. The van der Waals surface area contributed by atoms with Gasteiger partial charge in [0.25, 0.3) is 5.91 Å². The molecule has 3 N–H and O–H groups in total. The Hall–Kier alpha value is -1.53. The maximum absolute atomic E-state index is 13.5. The lowest BCUT2D eigenvalue weighted by molar-refractivity contribution is 0.0870. The van der Waals surface area contributed by atoms with Crippen molar-refractivity contribution in [3.05, 3.63) is 34.9 Å². The summed E-state index contributed by atoms with van der Waals surface area (Å²) in [7, 11) is 0. The molecule has 0 unspecified atom stereocenters. The van der Waals surface area contributed by atoms with E-state index in [-0.39, 0.29) is 5.56 Å². The number of carbonyl (C=O) groups is 1. The van der Waals surface area contributed by atoms with Gasteiger partial charge in [-0.15, -0.1) is 0 Å². The van der Waals surface area contributed by atoms with Gasteiger partial charge in [0.05, 0.1) is 19.3 Å². The number of hydrogen-bond acceptors (Lipinski definition) is 3.